The fourth-order valence-electron chi connectivity index (χ4n) is 1.74. The highest BCUT2D eigenvalue weighted by Crippen LogP contribution is 2.02. The summed E-state index contributed by atoms with van der Waals surface area (Å²) in [4.78, 5) is 36.3. The molecule has 2 amide bonds. The summed E-state index contributed by atoms with van der Waals surface area (Å²) in [5.41, 5.74) is 0.364. The lowest BCUT2D eigenvalue weighted by Crippen LogP contribution is -2.45. The standard InChI is InChI=1S/C14H20N2O5/c1-10(15-13(18)11-6-8-21-9-11)14(19)16(2)7-4-5-12(17)20-3/h6,8-10H,4-5,7H2,1-3H3,(H,15,18)/t10-/m1/s1. The number of hydrogen-bond acceptors (Lipinski definition) is 5. The molecule has 0 fully saturated rings. The first-order valence-electron chi connectivity index (χ1n) is 6.60. The number of nitrogens with zero attached hydrogens (tertiary/aromatic N) is 1. The Morgan fingerprint density at radius 1 is 1.43 bits per heavy atom. The van der Waals surface area contributed by atoms with Crippen molar-refractivity contribution in [1.29, 1.82) is 0 Å². The van der Waals surface area contributed by atoms with Crippen molar-refractivity contribution in [2.45, 2.75) is 25.8 Å². The van der Waals surface area contributed by atoms with Crippen molar-refractivity contribution in [3.8, 4) is 0 Å². The van der Waals surface area contributed by atoms with Gasteiger partial charge in [-0.05, 0) is 19.4 Å². The smallest absolute Gasteiger partial charge is 0.305 e. The van der Waals surface area contributed by atoms with Crippen LogP contribution in [0.15, 0.2) is 23.0 Å². The zero-order chi connectivity index (χ0) is 15.8. The molecule has 1 aromatic heterocycles. The summed E-state index contributed by atoms with van der Waals surface area (Å²) in [5, 5.41) is 2.59. The Balaban J connectivity index is 2.39. The van der Waals surface area contributed by atoms with Crippen molar-refractivity contribution in [3.63, 3.8) is 0 Å². The first-order valence-corrected chi connectivity index (χ1v) is 6.60. The number of rotatable bonds is 7. The Hall–Kier alpha value is -2.31. The van der Waals surface area contributed by atoms with E-state index in [1.54, 1.807) is 14.0 Å². The maximum Gasteiger partial charge on any atom is 0.305 e. The van der Waals surface area contributed by atoms with E-state index in [2.05, 4.69) is 10.1 Å². The van der Waals surface area contributed by atoms with Gasteiger partial charge in [0.1, 0.15) is 12.3 Å². The van der Waals surface area contributed by atoms with Crippen molar-refractivity contribution in [3.05, 3.63) is 24.2 Å². The van der Waals surface area contributed by atoms with Crippen LogP contribution < -0.4 is 5.32 Å². The maximum absolute atomic E-state index is 12.1. The molecule has 7 nitrogen and oxygen atoms in total. The number of methoxy groups -OCH3 is 1. The molecular formula is C14H20N2O5. The number of esters is 1. The molecule has 7 heteroatoms. The molecule has 0 saturated heterocycles. The summed E-state index contributed by atoms with van der Waals surface area (Å²) < 4.78 is 9.34. The van der Waals surface area contributed by atoms with Crippen LogP contribution in [-0.2, 0) is 14.3 Å². The summed E-state index contributed by atoms with van der Waals surface area (Å²) >= 11 is 0. The molecule has 0 saturated carbocycles. The third kappa shape index (κ3) is 5.29. The molecular weight excluding hydrogens is 276 g/mol. The Morgan fingerprint density at radius 2 is 2.14 bits per heavy atom. The quantitative estimate of drug-likeness (QED) is 0.752. The van der Waals surface area contributed by atoms with Crippen LogP contribution >= 0.6 is 0 Å². The molecule has 116 valence electrons. The highest BCUT2D eigenvalue weighted by atomic mass is 16.5. The fraction of sp³-hybridized carbons (Fsp3) is 0.500. The van der Waals surface area contributed by atoms with Crippen LogP contribution in [-0.4, -0.2) is 49.4 Å². The number of nitrogens with one attached hydrogen (secondary N) is 1. The van der Waals surface area contributed by atoms with Crippen molar-refractivity contribution >= 4 is 17.8 Å². The van der Waals surface area contributed by atoms with Crippen molar-refractivity contribution in [2.24, 2.45) is 0 Å². The molecule has 0 bridgehead atoms. The highest BCUT2D eigenvalue weighted by Gasteiger charge is 2.20. The van der Waals surface area contributed by atoms with E-state index in [0.717, 1.165) is 0 Å². The summed E-state index contributed by atoms with van der Waals surface area (Å²) in [5.74, 6) is -0.901. The lowest BCUT2D eigenvalue weighted by Gasteiger charge is -2.21. The van der Waals surface area contributed by atoms with Gasteiger partial charge in [-0.25, -0.2) is 0 Å². The molecule has 1 atom stereocenters. The van der Waals surface area contributed by atoms with E-state index < -0.39 is 6.04 Å². The van der Waals surface area contributed by atoms with Crippen LogP contribution in [0.1, 0.15) is 30.1 Å². The first-order chi connectivity index (χ1) is 9.95. The summed E-state index contributed by atoms with van der Waals surface area (Å²) in [6.45, 7) is 2.02. The second-order valence-electron chi connectivity index (χ2n) is 4.65. The zero-order valence-electron chi connectivity index (χ0n) is 12.4. The van der Waals surface area contributed by atoms with Gasteiger partial charge in [-0.1, -0.05) is 0 Å². The van der Waals surface area contributed by atoms with Gasteiger partial charge in [0.15, 0.2) is 0 Å². The number of furan rings is 1. The van der Waals surface area contributed by atoms with Gasteiger partial charge in [-0.3, -0.25) is 14.4 Å². The number of likely N-dealkylation sites (N-methyl/N-ethyl adjacent to an activating group) is 1. The van der Waals surface area contributed by atoms with E-state index in [1.165, 1.54) is 30.6 Å². The van der Waals surface area contributed by atoms with Crippen LogP contribution in [0.25, 0.3) is 0 Å². The normalized spacial score (nSPS) is 11.6. The molecule has 1 N–H and O–H groups in total. The predicted octanol–water partition coefficient (Wildman–Crippen LogP) is 0.810. The molecule has 1 aromatic rings. The lowest BCUT2D eigenvalue weighted by atomic mass is 10.2. The maximum atomic E-state index is 12.1. The predicted molar refractivity (Wildman–Crippen MR) is 74.5 cm³/mol. The van der Waals surface area contributed by atoms with Gasteiger partial charge in [0.25, 0.3) is 5.91 Å². The number of carbonyl (C=O) groups is 3. The van der Waals surface area contributed by atoms with E-state index in [1.807, 2.05) is 0 Å². The first kappa shape index (κ1) is 16.7. The van der Waals surface area contributed by atoms with E-state index in [4.69, 9.17) is 4.42 Å². The van der Waals surface area contributed by atoms with Gasteiger partial charge in [0.2, 0.25) is 5.91 Å². The third-order valence-electron chi connectivity index (χ3n) is 2.98. The van der Waals surface area contributed by atoms with E-state index >= 15 is 0 Å². The molecule has 1 heterocycles. The van der Waals surface area contributed by atoms with Crippen molar-refractivity contribution in [1.82, 2.24) is 10.2 Å². The van der Waals surface area contributed by atoms with Gasteiger partial charge < -0.3 is 19.4 Å². The molecule has 0 aliphatic rings. The molecule has 1 rings (SSSR count). The fourth-order valence-corrected chi connectivity index (χ4v) is 1.74. The van der Waals surface area contributed by atoms with Gasteiger partial charge in [0.05, 0.1) is 18.9 Å². The second-order valence-corrected chi connectivity index (χ2v) is 4.65. The number of hydrogen-bond donors (Lipinski definition) is 1. The number of carbonyl (C=O) groups excluding carboxylic acids is 3. The summed E-state index contributed by atoms with van der Waals surface area (Å²) in [6, 6.07) is 0.864. The largest absolute Gasteiger partial charge is 0.472 e. The zero-order valence-corrected chi connectivity index (χ0v) is 12.4. The molecule has 0 radical (unpaired) electrons. The van der Waals surface area contributed by atoms with Gasteiger partial charge >= 0.3 is 5.97 Å². The number of amides is 2. The summed E-state index contributed by atoms with van der Waals surface area (Å²) in [7, 11) is 2.95. The number of ether oxygens (including phenoxy) is 1. The minimum absolute atomic E-state index is 0.225. The van der Waals surface area contributed by atoms with Crippen LogP contribution in [0.2, 0.25) is 0 Å². The minimum atomic E-state index is -0.657. The van der Waals surface area contributed by atoms with E-state index in [9.17, 15) is 14.4 Å². The van der Waals surface area contributed by atoms with E-state index in [-0.39, 0.29) is 24.2 Å². The van der Waals surface area contributed by atoms with E-state index in [0.29, 0.717) is 18.5 Å². The molecule has 0 aliphatic carbocycles. The molecule has 0 aromatic carbocycles. The average Bonchev–Trinajstić information content (AvgIpc) is 3.00. The lowest BCUT2D eigenvalue weighted by molar-refractivity contribution is -0.141. The monoisotopic (exact) mass is 296 g/mol. The average molecular weight is 296 g/mol. The topological polar surface area (TPSA) is 88.9 Å². The van der Waals surface area contributed by atoms with Crippen LogP contribution in [0.3, 0.4) is 0 Å². The second kappa shape index (κ2) is 8.08. The SMILES string of the molecule is COC(=O)CCCN(C)C(=O)[C@@H](C)NC(=O)c1ccoc1. The van der Waals surface area contributed by atoms with Crippen LogP contribution in [0, 0.1) is 0 Å². The van der Waals surface area contributed by atoms with Crippen molar-refractivity contribution < 1.29 is 23.5 Å². The van der Waals surface area contributed by atoms with Crippen LogP contribution in [0.5, 0.6) is 0 Å². The molecule has 0 unspecified atom stereocenters. The van der Waals surface area contributed by atoms with Gasteiger partial charge in [-0.2, -0.15) is 0 Å². The molecule has 0 aliphatic heterocycles. The van der Waals surface area contributed by atoms with Gasteiger partial charge in [-0.15, -0.1) is 0 Å². The van der Waals surface area contributed by atoms with Crippen molar-refractivity contribution in [2.75, 3.05) is 20.7 Å². The minimum Gasteiger partial charge on any atom is -0.472 e. The molecule has 21 heavy (non-hydrogen) atoms. The highest BCUT2D eigenvalue weighted by molar-refractivity contribution is 5.97. The Morgan fingerprint density at radius 3 is 2.71 bits per heavy atom. The summed E-state index contributed by atoms with van der Waals surface area (Å²) in [6.07, 6.45) is 3.47. The Bertz CT molecular complexity index is 484. The Labute approximate surface area is 123 Å². The van der Waals surface area contributed by atoms with Crippen LogP contribution in [0.4, 0.5) is 0 Å². The van der Waals surface area contributed by atoms with Gasteiger partial charge in [0, 0.05) is 20.0 Å². The third-order valence-corrected chi connectivity index (χ3v) is 2.98. The Kier molecular flexibility index (Phi) is 6.45. The molecule has 0 spiro atoms.